The molecule has 0 amide bonds. The minimum absolute atomic E-state index is 0.0370. The van der Waals surface area contributed by atoms with E-state index in [-0.39, 0.29) is 23.5 Å². The van der Waals surface area contributed by atoms with E-state index in [1.165, 1.54) is 0 Å². The van der Waals surface area contributed by atoms with Gasteiger partial charge in [-0.2, -0.15) is 0 Å². The molecule has 0 radical (unpaired) electrons. The Bertz CT molecular complexity index is 577. The SMILES string of the molecule is CC(C)(C)c1cc(CO)cc(N2CCS(=O)(=O)CC2)n1. The Morgan fingerprint density at radius 3 is 2.35 bits per heavy atom. The number of nitrogens with zero attached hydrogens (tertiary/aromatic N) is 2. The molecule has 1 aromatic heterocycles. The van der Waals surface area contributed by atoms with Gasteiger partial charge in [-0.05, 0) is 17.7 Å². The highest BCUT2D eigenvalue weighted by molar-refractivity contribution is 7.91. The lowest BCUT2D eigenvalue weighted by molar-refractivity contribution is 0.281. The molecule has 0 spiro atoms. The van der Waals surface area contributed by atoms with Gasteiger partial charge >= 0.3 is 0 Å². The second-order valence-corrected chi connectivity index (χ2v) is 8.57. The fourth-order valence-corrected chi connectivity index (χ4v) is 3.35. The molecule has 1 saturated heterocycles. The quantitative estimate of drug-likeness (QED) is 0.885. The Morgan fingerprint density at radius 1 is 1.25 bits per heavy atom. The van der Waals surface area contributed by atoms with E-state index in [1.54, 1.807) is 0 Å². The lowest BCUT2D eigenvalue weighted by Crippen LogP contribution is -2.41. The van der Waals surface area contributed by atoms with Crippen LogP contribution in [0.1, 0.15) is 32.0 Å². The molecule has 1 aliphatic rings. The fourth-order valence-electron chi connectivity index (χ4n) is 2.15. The monoisotopic (exact) mass is 298 g/mol. The zero-order valence-corrected chi connectivity index (χ0v) is 13.1. The van der Waals surface area contributed by atoms with Crippen LogP contribution in [0.3, 0.4) is 0 Å². The van der Waals surface area contributed by atoms with Crippen LogP contribution in [-0.2, 0) is 21.9 Å². The Balaban J connectivity index is 2.32. The number of aliphatic hydroxyl groups is 1. The van der Waals surface area contributed by atoms with Crippen molar-refractivity contribution >= 4 is 15.7 Å². The molecule has 0 aromatic carbocycles. The molecule has 1 N–H and O–H groups in total. The first-order valence-corrected chi connectivity index (χ1v) is 8.61. The van der Waals surface area contributed by atoms with Crippen LogP contribution in [0.15, 0.2) is 12.1 Å². The number of aliphatic hydroxyl groups excluding tert-OH is 1. The Morgan fingerprint density at radius 2 is 1.85 bits per heavy atom. The van der Waals surface area contributed by atoms with Gasteiger partial charge in [0.05, 0.1) is 18.1 Å². The summed E-state index contributed by atoms with van der Waals surface area (Å²) in [5.41, 5.74) is 1.61. The van der Waals surface area contributed by atoms with Gasteiger partial charge in [-0.15, -0.1) is 0 Å². The highest BCUT2D eigenvalue weighted by Crippen LogP contribution is 2.25. The summed E-state index contributed by atoms with van der Waals surface area (Å²) in [7, 11) is -2.90. The first kappa shape index (κ1) is 15.3. The minimum Gasteiger partial charge on any atom is -0.392 e. The van der Waals surface area contributed by atoms with Crippen molar-refractivity contribution in [1.82, 2.24) is 4.98 Å². The zero-order valence-electron chi connectivity index (χ0n) is 12.3. The van der Waals surface area contributed by atoms with E-state index in [0.717, 1.165) is 17.1 Å². The smallest absolute Gasteiger partial charge is 0.153 e. The van der Waals surface area contributed by atoms with E-state index in [0.29, 0.717) is 13.1 Å². The van der Waals surface area contributed by atoms with Crippen LogP contribution in [-0.4, -0.2) is 43.1 Å². The molecule has 5 nitrogen and oxygen atoms in total. The number of sulfone groups is 1. The molecule has 6 heteroatoms. The number of rotatable bonds is 2. The average Bonchev–Trinajstić information content (AvgIpc) is 2.37. The summed E-state index contributed by atoms with van der Waals surface area (Å²) in [6.45, 7) is 7.11. The fraction of sp³-hybridized carbons (Fsp3) is 0.643. The number of aromatic nitrogens is 1. The molecule has 20 heavy (non-hydrogen) atoms. The molecule has 0 unspecified atom stereocenters. The zero-order chi connectivity index (χ0) is 15.0. The normalized spacial score (nSPS) is 19.1. The second kappa shape index (κ2) is 5.33. The van der Waals surface area contributed by atoms with Gasteiger partial charge in [0.25, 0.3) is 0 Å². The standard InChI is InChI=1S/C14H22N2O3S/c1-14(2,3)12-8-11(10-17)9-13(15-12)16-4-6-20(18,19)7-5-16/h8-9,17H,4-7,10H2,1-3H3. The van der Waals surface area contributed by atoms with Gasteiger partial charge < -0.3 is 10.0 Å². The van der Waals surface area contributed by atoms with Crippen LogP contribution in [0.2, 0.25) is 0 Å². The number of hydrogen-bond donors (Lipinski definition) is 1. The van der Waals surface area contributed by atoms with E-state index in [2.05, 4.69) is 25.8 Å². The summed E-state index contributed by atoms with van der Waals surface area (Å²) in [4.78, 5) is 6.63. The molecule has 0 atom stereocenters. The van der Waals surface area contributed by atoms with Crippen molar-refractivity contribution in [1.29, 1.82) is 0 Å². The third-order valence-corrected chi connectivity index (χ3v) is 5.10. The molecule has 0 saturated carbocycles. The predicted octanol–water partition coefficient (Wildman–Crippen LogP) is 1.11. The van der Waals surface area contributed by atoms with E-state index in [4.69, 9.17) is 0 Å². The van der Waals surface area contributed by atoms with Crippen molar-refractivity contribution in [2.75, 3.05) is 29.5 Å². The average molecular weight is 298 g/mol. The third kappa shape index (κ3) is 3.49. The van der Waals surface area contributed by atoms with Crippen LogP contribution < -0.4 is 4.90 Å². The summed E-state index contributed by atoms with van der Waals surface area (Å²) >= 11 is 0. The molecule has 1 fully saturated rings. The van der Waals surface area contributed by atoms with Crippen LogP contribution in [0.25, 0.3) is 0 Å². The molecule has 1 aromatic rings. The van der Waals surface area contributed by atoms with Crippen molar-refractivity contribution < 1.29 is 13.5 Å². The van der Waals surface area contributed by atoms with Gasteiger partial charge in [-0.1, -0.05) is 20.8 Å². The number of pyridine rings is 1. The van der Waals surface area contributed by atoms with Gasteiger partial charge in [0.15, 0.2) is 9.84 Å². The van der Waals surface area contributed by atoms with Gasteiger partial charge in [0.2, 0.25) is 0 Å². The van der Waals surface area contributed by atoms with Crippen molar-refractivity contribution in [3.8, 4) is 0 Å². The van der Waals surface area contributed by atoms with Crippen molar-refractivity contribution in [3.05, 3.63) is 23.4 Å². The molecule has 0 bridgehead atoms. The van der Waals surface area contributed by atoms with Gasteiger partial charge in [0.1, 0.15) is 5.82 Å². The largest absolute Gasteiger partial charge is 0.392 e. The number of hydrogen-bond acceptors (Lipinski definition) is 5. The van der Waals surface area contributed by atoms with E-state index >= 15 is 0 Å². The summed E-state index contributed by atoms with van der Waals surface area (Å²) in [6, 6.07) is 3.75. The van der Waals surface area contributed by atoms with Crippen LogP contribution in [0.5, 0.6) is 0 Å². The summed E-state index contributed by atoms with van der Waals surface area (Å²) in [5.74, 6) is 1.10. The summed E-state index contributed by atoms with van der Waals surface area (Å²) in [6.07, 6.45) is 0. The van der Waals surface area contributed by atoms with E-state index < -0.39 is 9.84 Å². The maximum atomic E-state index is 11.5. The third-order valence-electron chi connectivity index (χ3n) is 3.49. The van der Waals surface area contributed by atoms with Crippen LogP contribution in [0.4, 0.5) is 5.82 Å². The Hall–Kier alpha value is -1.14. The Kier molecular flexibility index (Phi) is 4.07. The second-order valence-electron chi connectivity index (χ2n) is 6.27. The molecule has 1 aliphatic heterocycles. The van der Waals surface area contributed by atoms with E-state index in [1.807, 2.05) is 17.0 Å². The molecule has 112 valence electrons. The minimum atomic E-state index is -2.90. The van der Waals surface area contributed by atoms with Gasteiger partial charge in [-0.25, -0.2) is 13.4 Å². The van der Waals surface area contributed by atoms with E-state index in [9.17, 15) is 13.5 Å². The topological polar surface area (TPSA) is 70.5 Å². The van der Waals surface area contributed by atoms with Crippen molar-refractivity contribution in [2.24, 2.45) is 0 Å². The predicted molar refractivity (Wildman–Crippen MR) is 79.7 cm³/mol. The van der Waals surface area contributed by atoms with Gasteiger partial charge in [-0.3, -0.25) is 0 Å². The highest BCUT2D eigenvalue weighted by atomic mass is 32.2. The highest BCUT2D eigenvalue weighted by Gasteiger charge is 2.24. The Labute approximate surface area is 120 Å². The van der Waals surface area contributed by atoms with Crippen LogP contribution >= 0.6 is 0 Å². The first-order valence-electron chi connectivity index (χ1n) is 6.79. The van der Waals surface area contributed by atoms with Crippen molar-refractivity contribution in [2.45, 2.75) is 32.8 Å². The number of anilines is 1. The summed E-state index contributed by atoms with van der Waals surface area (Å²) < 4.78 is 23.0. The van der Waals surface area contributed by atoms with Crippen molar-refractivity contribution in [3.63, 3.8) is 0 Å². The molecule has 2 heterocycles. The lowest BCUT2D eigenvalue weighted by atomic mass is 9.91. The maximum Gasteiger partial charge on any atom is 0.153 e. The summed E-state index contributed by atoms with van der Waals surface area (Å²) in [5, 5.41) is 9.39. The van der Waals surface area contributed by atoms with Gasteiger partial charge in [0, 0.05) is 24.2 Å². The maximum absolute atomic E-state index is 11.5. The molecule has 0 aliphatic carbocycles. The molecule has 2 rings (SSSR count). The molecular formula is C14H22N2O3S. The van der Waals surface area contributed by atoms with Crippen LogP contribution in [0, 0.1) is 0 Å². The first-order chi connectivity index (χ1) is 9.21. The lowest BCUT2D eigenvalue weighted by Gasteiger charge is -2.29. The molecular weight excluding hydrogens is 276 g/mol.